The molecule has 0 radical (unpaired) electrons. The fraction of sp³-hybridized carbons (Fsp3) is 0.500. The van der Waals surface area contributed by atoms with Crippen LogP contribution in [0.2, 0.25) is 0 Å². The van der Waals surface area contributed by atoms with Crippen molar-refractivity contribution in [2.75, 3.05) is 23.8 Å². The highest BCUT2D eigenvalue weighted by Crippen LogP contribution is 2.22. The van der Waals surface area contributed by atoms with Gasteiger partial charge in [0.2, 0.25) is 0 Å². The Kier molecular flexibility index (Phi) is 6.64. The summed E-state index contributed by atoms with van der Waals surface area (Å²) in [5.41, 5.74) is 1.85. The molecule has 1 atom stereocenters. The van der Waals surface area contributed by atoms with E-state index < -0.39 is 5.97 Å². The van der Waals surface area contributed by atoms with E-state index >= 15 is 0 Å². The molecule has 1 heterocycles. The third kappa shape index (κ3) is 4.68. The van der Waals surface area contributed by atoms with Crippen LogP contribution in [0.15, 0.2) is 24.3 Å². The fourth-order valence-corrected chi connectivity index (χ4v) is 4.12. The van der Waals surface area contributed by atoms with Crippen molar-refractivity contribution >= 4 is 35.4 Å². The van der Waals surface area contributed by atoms with Crippen LogP contribution in [0.25, 0.3) is 0 Å². The minimum absolute atomic E-state index is 0.0178. The van der Waals surface area contributed by atoms with E-state index in [4.69, 9.17) is 5.11 Å². The molecule has 1 unspecified atom stereocenters. The number of amides is 1. The Hall–Kier alpha value is -1.14. The Morgan fingerprint density at radius 1 is 1.36 bits per heavy atom. The van der Waals surface area contributed by atoms with Gasteiger partial charge in [0, 0.05) is 29.4 Å². The van der Waals surface area contributed by atoms with Crippen molar-refractivity contribution in [3.8, 4) is 0 Å². The molecule has 1 aromatic rings. The number of hydrogen-bond acceptors (Lipinski definition) is 4. The first-order valence-electron chi connectivity index (χ1n) is 7.39. The normalized spacial score (nSPS) is 18.2. The Balaban J connectivity index is 2.06. The van der Waals surface area contributed by atoms with Crippen molar-refractivity contribution in [1.29, 1.82) is 0 Å². The number of carboxylic acids is 1. The summed E-state index contributed by atoms with van der Waals surface area (Å²) in [6.45, 7) is 2.74. The van der Waals surface area contributed by atoms with Gasteiger partial charge in [-0.25, -0.2) is 0 Å². The van der Waals surface area contributed by atoms with Gasteiger partial charge in [-0.2, -0.15) is 23.5 Å². The molecule has 1 aromatic carbocycles. The number of carboxylic acid groups (broad SMARTS) is 1. The smallest absolute Gasteiger partial charge is 0.305 e. The molecule has 0 saturated carbocycles. The highest BCUT2D eigenvalue weighted by molar-refractivity contribution is 7.99. The molecule has 120 valence electrons. The summed E-state index contributed by atoms with van der Waals surface area (Å²) in [5, 5.41) is 9.01. The zero-order valence-electron chi connectivity index (χ0n) is 12.7. The van der Waals surface area contributed by atoms with Gasteiger partial charge in [-0.3, -0.25) is 9.59 Å². The predicted molar refractivity (Wildman–Crippen MR) is 92.7 cm³/mol. The number of nitrogens with zero attached hydrogens (tertiary/aromatic N) is 1. The summed E-state index contributed by atoms with van der Waals surface area (Å²) in [7, 11) is 0. The Labute approximate surface area is 139 Å². The van der Waals surface area contributed by atoms with Crippen LogP contribution in [0.1, 0.15) is 29.3 Å². The van der Waals surface area contributed by atoms with Gasteiger partial charge < -0.3 is 10.0 Å². The van der Waals surface area contributed by atoms with E-state index in [0.717, 1.165) is 17.3 Å². The maximum atomic E-state index is 12.6. The number of carbonyl (C=O) groups excluding carboxylic acids is 1. The molecule has 1 saturated heterocycles. The first-order chi connectivity index (χ1) is 10.6. The molecule has 1 amide bonds. The second-order valence-electron chi connectivity index (χ2n) is 5.16. The van der Waals surface area contributed by atoms with E-state index in [1.165, 1.54) is 5.56 Å². The first kappa shape index (κ1) is 17.2. The predicted octanol–water partition coefficient (Wildman–Crippen LogP) is 2.97. The van der Waals surface area contributed by atoms with Crippen LogP contribution >= 0.6 is 23.5 Å². The topological polar surface area (TPSA) is 57.6 Å². The number of benzene rings is 1. The monoisotopic (exact) mass is 339 g/mol. The Bertz CT molecular complexity index is 519. The van der Waals surface area contributed by atoms with Crippen LogP contribution in [-0.4, -0.2) is 51.7 Å². The molecule has 0 aromatic heterocycles. The van der Waals surface area contributed by atoms with Crippen LogP contribution in [0.3, 0.4) is 0 Å². The van der Waals surface area contributed by atoms with E-state index in [1.807, 2.05) is 36.0 Å². The van der Waals surface area contributed by atoms with E-state index in [0.29, 0.717) is 17.9 Å². The molecule has 0 spiro atoms. The zero-order chi connectivity index (χ0) is 15.9. The van der Waals surface area contributed by atoms with Gasteiger partial charge in [0.1, 0.15) is 0 Å². The molecular weight excluding hydrogens is 318 g/mol. The van der Waals surface area contributed by atoms with Crippen LogP contribution in [-0.2, 0) is 10.5 Å². The van der Waals surface area contributed by atoms with Crippen molar-refractivity contribution in [1.82, 2.24) is 4.90 Å². The van der Waals surface area contributed by atoms with Crippen LogP contribution in [0.5, 0.6) is 0 Å². The van der Waals surface area contributed by atoms with Crippen LogP contribution in [0.4, 0.5) is 0 Å². The lowest BCUT2D eigenvalue weighted by Crippen LogP contribution is -2.47. The van der Waals surface area contributed by atoms with Gasteiger partial charge in [-0.15, -0.1) is 0 Å². The van der Waals surface area contributed by atoms with Crippen molar-refractivity contribution in [3.05, 3.63) is 35.4 Å². The Morgan fingerprint density at radius 2 is 2.09 bits per heavy atom. The lowest BCUT2D eigenvalue weighted by Gasteiger charge is -2.34. The van der Waals surface area contributed by atoms with Crippen molar-refractivity contribution in [2.24, 2.45) is 0 Å². The van der Waals surface area contributed by atoms with E-state index in [2.05, 4.69) is 6.92 Å². The first-order valence-corrected chi connectivity index (χ1v) is 9.70. The van der Waals surface area contributed by atoms with Crippen LogP contribution < -0.4 is 0 Å². The van der Waals surface area contributed by atoms with Crippen molar-refractivity contribution in [3.63, 3.8) is 0 Å². The molecule has 0 bridgehead atoms. The van der Waals surface area contributed by atoms with Gasteiger partial charge in [-0.1, -0.05) is 19.1 Å². The number of carbonyl (C=O) groups is 2. The number of hydrogen-bond donors (Lipinski definition) is 1. The zero-order valence-corrected chi connectivity index (χ0v) is 14.3. The third-order valence-electron chi connectivity index (χ3n) is 3.57. The molecule has 0 aliphatic carbocycles. The number of thioether (sulfide) groups is 2. The summed E-state index contributed by atoms with van der Waals surface area (Å²) in [5.74, 6) is 2.69. The summed E-state index contributed by atoms with van der Waals surface area (Å²) >= 11 is 3.56. The molecule has 6 heteroatoms. The fourth-order valence-electron chi connectivity index (χ4n) is 2.42. The van der Waals surface area contributed by atoms with E-state index in [9.17, 15) is 9.59 Å². The van der Waals surface area contributed by atoms with Crippen molar-refractivity contribution < 1.29 is 14.7 Å². The highest BCUT2D eigenvalue weighted by atomic mass is 32.2. The number of aliphatic carboxylic acids is 1. The average molecular weight is 339 g/mol. The lowest BCUT2D eigenvalue weighted by molar-refractivity contribution is -0.138. The van der Waals surface area contributed by atoms with Gasteiger partial charge >= 0.3 is 5.97 Å². The summed E-state index contributed by atoms with van der Waals surface area (Å²) in [6.07, 6.45) is 0.0178. The summed E-state index contributed by atoms with van der Waals surface area (Å²) in [4.78, 5) is 25.3. The quantitative estimate of drug-likeness (QED) is 0.863. The van der Waals surface area contributed by atoms with Crippen LogP contribution in [0, 0.1) is 0 Å². The third-order valence-corrected chi connectivity index (χ3v) is 5.61. The van der Waals surface area contributed by atoms with Gasteiger partial charge in [0.05, 0.1) is 12.5 Å². The van der Waals surface area contributed by atoms with Crippen molar-refractivity contribution in [2.45, 2.75) is 25.1 Å². The standard InChI is InChI=1S/C16H21NO3S2/c1-2-21-10-12-3-5-13(6-4-12)16(20)17-7-8-22-11-14(17)9-15(18)19/h3-6,14H,2,7-11H2,1H3,(H,18,19). The van der Waals surface area contributed by atoms with Gasteiger partial charge in [-0.05, 0) is 23.4 Å². The minimum atomic E-state index is -0.850. The minimum Gasteiger partial charge on any atom is -0.481 e. The Morgan fingerprint density at radius 3 is 2.73 bits per heavy atom. The maximum absolute atomic E-state index is 12.6. The molecule has 1 N–H and O–H groups in total. The molecule has 1 aliphatic heterocycles. The molecule has 2 rings (SSSR count). The molecule has 1 aliphatic rings. The molecular formula is C16H21NO3S2. The summed E-state index contributed by atoms with van der Waals surface area (Å²) in [6, 6.07) is 7.47. The average Bonchev–Trinajstić information content (AvgIpc) is 2.53. The van der Waals surface area contributed by atoms with E-state index in [-0.39, 0.29) is 18.4 Å². The summed E-state index contributed by atoms with van der Waals surface area (Å²) < 4.78 is 0. The molecule has 22 heavy (non-hydrogen) atoms. The second-order valence-corrected chi connectivity index (χ2v) is 7.58. The SMILES string of the molecule is CCSCc1ccc(C(=O)N2CCSCC2CC(=O)O)cc1. The van der Waals surface area contributed by atoms with E-state index in [1.54, 1.807) is 16.7 Å². The molecule has 4 nitrogen and oxygen atoms in total. The van der Waals surface area contributed by atoms with Gasteiger partial charge in [0.15, 0.2) is 0 Å². The lowest BCUT2D eigenvalue weighted by atomic mass is 10.1. The second kappa shape index (κ2) is 8.48. The van der Waals surface area contributed by atoms with Gasteiger partial charge in [0.25, 0.3) is 5.91 Å². The molecule has 1 fully saturated rings. The highest BCUT2D eigenvalue weighted by Gasteiger charge is 2.29. The maximum Gasteiger partial charge on any atom is 0.305 e. The number of rotatable bonds is 6. The largest absolute Gasteiger partial charge is 0.481 e.